The fourth-order valence-corrected chi connectivity index (χ4v) is 5.02. The zero-order valence-corrected chi connectivity index (χ0v) is 21.5. The number of ether oxygens (including phenoxy) is 2. The van der Waals surface area contributed by atoms with Crippen LogP contribution in [-0.4, -0.2) is 54.8 Å². The molecule has 0 atom stereocenters. The predicted octanol–water partition coefficient (Wildman–Crippen LogP) is 4.78. The van der Waals surface area contributed by atoms with Crippen LogP contribution in [0.5, 0.6) is 5.75 Å². The quantitative estimate of drug-likeness (QED) is 0.420. The first-order chi connectivity index (χ1) is 18.6. The molecule has 0 saturated carbocycles. The Morgan fingerprint density at radius 1 is 0.947 bits per heavy atom. The lowest BCUT2D eigenvalue weighted by Crippen LogP contribution is -2.38. The number of rotatable bonds is 8. The Kier molecular flexibility index (Phi) is 8.06. The van der Waals surface area contributed by atoms with Crippen molar-refractivity contribution in [1.82, 2.24) is 4.90 Å². The highest BCUT2D eigenvalue weighted by atomic mass is 32.2. The lowest BCUT2D eigenvalue weighted by molar-refractivity contribution is -0.127. The fourth-order valence-electron chi connectivity index (χ4n) is 4.18. The van der Waals surface area contributed by atoms with Gasteiger partial charge in [-0.2, -0.15) is 0 Å². The van der Waals surface area contributed by atoms with Crippen molar-refractivity contribution in [2.45, 2.75) is 6.61 Å². The van der Waals surface area contributed by atoms with Crippen LogP contribution in [0.25, 0.3) is 6.08 Å². The van der Waals surface area contributed by atoms with Crippen molar-refractivity contribution in [3.05, 3.63) is 94.9 Å². The summed E-state index contributed by atoms with van der Waals surface area (Å²) in [6, 6.07) is 24.6. The number of para-hydroxylation sites is 2. The molecule has 8 nitrogen and oxygen atoms in total. The van der Waals surface area contributed by atoms with Crippen LogP contribution in [-0.2, 0) is 20.9 Å². The summed E-state index contributed by atoms with van der Waals surface area (Å²) in [6.07, 6.45) is 1.65. The number of hydrogen-bond donors (Lipinski definition) is 1. The van der Waals surface area contributed by atoms with Crippen molar-refractivity contribution < 1.29 is 23.9 Å². The molecule has 0 aromatic heterocycles. The minimum Gasteiger partial charge on any atom is -0.489 e. The van der Waals surface area contributed by atoms with Gasteiger partial charge in [0.1, 0.15) is 18.9 Å². The van der Waals surface area contributed by atoms with Gasteiger partial charge >= 0.3 is 0 Å². The van der Waals surface area contributed by atoms with E-state index in [-0.39, 0.29) is 11.4 Å². The molecule has 2 heterocycles. The minimum absolute atomic E-state index is 0.273. The molecular weight excluding hydrogens is 502 g/mol. The third-order valence-electron chi connectivity index (χ3n) is 6.13. The minimum atomic E-state index is -0.485. The highest BCUT2D eigenvalue weighted by Crippen LogP contribution is 2.33. The van der Waals surface area contributed by atoms with Gasteiger partial charge in [0.25, 0.3) is 11.1 Å². The van der Waals surface area contributed by atoms with Crippen LogP contribution in [0.2, 0.25) is 0 Å². The number of hydrogen-bond acceptors (Lipinski definition) is 7. The van der Waals surface area contributed by atoms with Gasteiger partial charge in [-0.3, -0.25) is 19.3 Å². The third-order valence-corrected chi connectivity index (χ3v) is 7.04. The predicted molar refractivity (Wildman–Crippen MR) is 148 cm³/mol. The lowest BCUT2D eigenvalue weighted by atomic mass is 10.2. The molecule has 1 N–H and O–H groups in total. The number of carbonyl (C=O) groups excluding carboxylic acids is 3. The smallest absolute Gasteiger partial charge is 0.294 e. The molecule has 0 radical (unpaired) electrons. The second-order valence-electron chi connectivity index (χ2n) is 8.78. The largest absolute Gasteiger partial charge is 0.489 e. The average molecular weight is 530 g/mol. The van der Waals surface area contributed by atoms with E-state index in [0.29, 0.717) is 31.3 Å². The number of morpholine rings is 1. The zero-order valence-electron chi connectivity index (χ0n) is 20.7. The Bertz CT molecular complexity index is 1340. The maximum Gasteiger partial charge on any atom is 0.294 e. The number of anilines is 2. The second kappa shape index (κ2) is 12.0. The molecule has 3 aromatic carbocycles. The topological polar surface area (TPSA) is 88.2 Å². The number of imide groups is 1. The molecule has 2 aliphatic rings. The number of thioether (sulfide) groups is 1. The Labute approximate surface area is 225 Å². The van der Waals surface area contributed by atoms with Gasteiger partial charge < -0.3 is 19.7 Å². The Hall–Kier alpha value is -4.08. The standard InChI is InChI=1S/C29H27N3O5S/c33-27(30-24-8-4-5-9-25(24)31-14-16-36-17-15-31)19-32-28(34)26(38-29(32)35)18-21-10-12-23(13-11-21)37-20-22-6-2-1-3-7-22/h1-13,18H,14-17,19-20H2,(H,30,33)/b26-18+. The van der Waals surface area contributed by atoms with Gasteiger partial charge in [0.05, 0.1) is 29.5 Å². The Balaban J connectivity index is 1.19. The molecule has 2 aliphatic heterocycles. The van der Waals surface area contributed by atoms with Crippen LogP contribution in [0.15, 0.2) is 83.8 Å². The first-order valence-electron chi connectivity index (χ1n) is 12.3. The van der Waals surface area contributed by atoms with E-state index in [9.17, 15) is 14.4 Å². The SMILES string of the molecule is O=C(CN1C(=O)S/C(=C/c2ccc(OCc3ccccc3)cc2)C1=O)Nc1ccccc1N1CCOCC1. The van der Waals surface area contributed by atoms with E-state index in [1.807, 2.05) is 78.9 Å². The van der Waals surface area contributed by atoms with Crippen LogP contribution in [0.4, 0.5) is 16.2 Å². The molecule has 3 amide bonds. The number of carbonyl (C=O) groups is 3. The van der Waals surface area contributed by atoms with E-state index in [1.165, 1.54) is 0 Å². The van der Waals surface area contributed by atoms with E-state index in [1.54, 1.807) is 6.08 Å². The van der Waals surface area contributed by atoms with Gasteiger partial charge in [0.15, 0.2) is 0 Å². The maximum atomic E-state index is 12.9. The van der Waals surface area contributed by atoms with Crippen LogP contribution in [0.1, 0.15) is 11.1 Å². The van der Waals surface area contributed by atoms with E-state index in [0.717, 1.165) is 46.6 Å². The highest BCUT2D eigenvalue weighted by Gasteiger charge is 2.36. The molecule has 0 aliphatic carbocycles. The van der Waals surface area contributed by atoms with Crippen molar-refractivity contribution in [3.63, 3.8) is 0 Å². The Morgan fingerprint density at radius 2 is 1.66 bits per heavy atom. The molecule has 3 aromatic rings. The average Bonchev–Trinajstić information content (AvgIpc) is 3.21. The van der Waals surface area contributed by atoms with Crippen molar-refractivity contribution in [1.29, 1.82) is 0 Å². The molecule has 0 bridgehead atoms. The first kappa shape index (κ1) is 25.6. The highest BCUT2D eigenvalue weighted by molar-refractivity contribution is 8.18. The Morgan fingerprint density at radius 3 is 2.42 bits per heavy atom. The van der Waals surface area contributed by atoms with Gasteiger partial charge in [0, 0.05) is 13.1 Å². The zero-order chi connectivity index (χ0) is 26.3. The summed E-state index contributed by atoms with van der Waals surface area (Å²) in [6.45, 7) is 2.79. The van der Waals surface area contributed by atoms with Gasteiger partial charge in [-0.05, 0) is 53.2 Å². The van der Waals surface area contributed by atoms with Crippen molar-refractivity contribution in [2.24, 2.45) is 0 Å². The van der Waals surface area contributed by atoms with Crippen molar-refractivity contribution in [2.75, 3.05) is 43.1 Å². The van der Waals surface area contributed by atoms with E-state index < -0.39 is 17.1 Å². The third kappa shape index (κ3) is 6.24. The summed E-state index contributed by atoms with van der Waals surface area (Å²) in [5.41, 5.74) is 3.34. The number of nitrogens with one attached hydrogen (secondary N) is 1. The van der Waals surface area contributed by atoms with Crippen LogP contribution in [0.3, 0.4) is 0 Å². The maximum absolute atomic E-state index is 12.9. The lowest BCUT2D eigenvalue weighted by Gasteiger charge is -2.30. The van der Waals surface area contributed by atoms with E-state index in [4.69, 9.17) is 9.47 Å². The molecular formula is C29H27N3O5S. The molecule has 2 saturated heterocycles. The fraction of sp³-hybridized carbons (Fsp3) is 0.207. The van der Waals surface area contributed by atoms with Crippen LogP contribution in [0, 0.1) is 0 Å². The van der Waals surface area contributed by atoms with Gasteiger partial charge in [-0.25, -0.2) is 0 Å². The molecule has 0 spiro atoms. The van der Waals surface area contributed by atoms with Gasteiger partial charge in [0.2, 0.25) is 5.91 Å². The summed E-state index contributed by atoms with van der Waals surface area (Å²) in [4.78, 5) is 41.7. The molecule has 2 fully saturated rings. The summed E-state index contributed by atoms with van der Waals surface area (Å²) >= 11 is 0.828. The number of benzene rings is 3. The normalized spacial score (nSPS) is 16.7. The summed E-state index contributed by atoms with van der Waals surface area (Å²) in [5, 5.41) is 2.39. The van der Waals surface area contributed by atoms with Crippen molar-refractivity contribution in [3.8, 4) is 5.75 Å². The first-order valence-corrected chi connectivity index (χ1v) is 13.1. The molecule has 38 heavy (non-hydrogen) atoms. The monoisotopic (exact) mass is 529 g/mol. The van der Waals surface area contributed by atoms with Crippen LogP contribution < -0.4 is 15.0 Å². The molecule has 9 heteroatoms. The van der Waals surface area contributed by atoms with Crippen molar-refractivity contribution >= 4 is 46.3 Å². The summed E-state index contributed by atoms with van der Waals surface area (Å²) < 4.78 is 11.2. The second-order valence-corrected chi connectivity index (χ2v) is 9.77. The number of amides is 3. The summed E-state index contributed by atoms with van der Waals surface area (Å²) in [7, 11) is 0. The van der Waals surface area contributed by atoms with Gasteiger partial charge in [-0.1, -0.05) is 54.6 Å². The summed E-state index contributed by atoms with van der Waals surface area (Å²) in [5.74, 6) is -0.219. The van der Waals surface area contributed by atoms with E-state index >= 15 is 0 Å². The van der Waals surface area contributed by atoms with E-state index in [2.05, 4.69) is 10.2 Å². The molecule has 194 valence electrons. The number of nitrogens with zero attached hydrogens (tertiary/aromatic N) is 2. The molecule has 0 unspecified atom stereocenters. The van der Waals surface area contributed by atoms with Crippen LogP contribution >= 0.6 is 11.8 Å². The molecule has 5 rings (SSSR count). The van der Waals surface area contributed by atoms with Gasteiger partial charge in [-0.15, -0.1) is 0 Å².